The van der Waals surface area contributed by atoms with Crippen molar-refractivity contribution in [1.29, 1.82) is 0 Å². The number of ether oxygens (including phenoxy) is 2. The molecule has 0 bridgehead atoms. The van der Waals surface area contributed by atoms with Gasteiger partial charge in [-0.15, -0.1) is 0 Å². The lowest BCUT2D eigenvalue weighted by Gasteiger charge is -2.12. The van der Waals surface area contributed by atoms with Gasteiger partial charge < -0.3 is 20.3 Å². The molecule has 0 aromatic heterocycles. The fourth-order valence-electron chi connectivity index (χ4n) is 1.55. The van der Waals surface area contributed by atoms with Crippen molar-refractivity contribution in [3.63, 3.8) is 0 Å². The van der Waals surface area contributed by atoms with E-state index in [9.17, 15) is 0 Å². The topological polar surface area (TPSA) is 64.7 Å². The summed E-state index contributed by atoms with van der Waals surface area (Å²) in [5, 5.41) is 9.14. The summed E-state index contributed by atoms with van der Waals surface area (Å²) in [7, 11) is 3.19. The average Bonchev–Trinajstić information content (AvgIpc) is 2.38. The van der Waals surface area contributed by atoms with Crippen LogP contribution in [0.4, 0.5) is 0 Å². The van der Waals surface area contributed by atoms with Crippen LogP contribution in [0.5, 0.6) is 11.5 Å². The van der Waals surface area contributed by atoms with Crippen molar-refractivity contribution in [3.8, 4) is 11.5 Å². The van der Waals surface area contributed by atoms with Crippen molar-refractivity contribution in [2.45, 2.75) is 13.0 Å². The van der Waals surface area contributed by atoms with E-state index in [1.807, 2.05) is 12.2 Å². The van der Waals surface area contributed by atoms with Gasteiger partial charge in [0.2, 0.25) is 0 Å². The van der Waals surface area contributed by atoms with E-state index in [0.29, 0.717) is 18.0 Å². The van der Waals surface area contributed by atoms with Crippen LogP contribution in [0.3, 0.4) is 0 Å². The first kappa shape index (κ1) is 13.5. The van der Waals surface area contributed by atoms with Crippen molar-refractivity contribution in [1.82, 2.24) is 0 Å². The zero-order chi connectivity index (χ0) is 12.7. The van der Waals surface area contributed by atoms with Gasteiger partial charge in [-0.2, -0.15) is 0 Å². The molecule has 0 aliphatic rings. The first-order valence-electron chi connectivity index (χ1n) is 5.49. The van der Waals surface area contributed by atoms with Gasteiger partial charge in [0.15, 0.2) is 0 Å². The summed E-state index contributed by atoms with van der Waals surface area (Å²) in [5.74, 6) is 1.36. The van der Waals surface area contributed by atoms with Crippen LogP contribution in [0.25, 0.3) is 6.08 Å². The van der Waals surface area contributed by atoms with Gasteiger partial charge in [0.1, 0.15) is 11.5 Å². The summed E-state index contributed by atoms with van der Waals surface area (Å²) >= 11 is 0. The Labute approximate surface area is 102 Å². The molecule has 0 spiro atoms. The highest BCUT2D eigenvalue weighted by Crippen LogP contribution is 2.31. The number of benzene rings is 1. The Balaban J connectivity index is 3.15. The molecule has 0 amide bonds. The smallest absolute Gasteiger partial charge is 0.130 e. The number of nitrogens with two attached hydrogens (primary N) is 1. The lowest BCUT2D eigenvalue weighted by atomic mass is 10.1. The van der Waals surface area contributed by atoms with Gasteiger partial charge >= 0.3 is 0 Å². The Morgan fingerprint density at radius 1 is 1.24 bits per heavy atom. The van der Waals surface area contributed by atoms with E-state index in [-0.39, 0.29) is 6.61 Å². The summed E-state index contributed by atoms with van der Waals surface area (Å²) in [6.45, 7) is 0.565. The van der Waals surface area contributed by atoms with Crippen LogP contribution in [-0.4, -0.2) is 25.9 Å². The molecule has 0 aliphatic heterocycles. The fourth-order valence-corrected chi connectivity index (χ4v) is 1.55. The molecule has 0 atom stereocenters. The van der Waals surface area contributed by atoms with Gasteiger partial charge in [-0.05, 0) is 30.7 Å². The van der Waals surface area contributed by atoms with Gasteiger partial charge in [-0.1, -0.05) is 12.2 Å². The van der Waals surface area contributed by atoms with Crippen LogP contribution in [0.15, 0.2) is 18.2 Å². The highest BCUT2D eigenvalue weighted by molar-refractivity contribution is 5.65. The minimum Gasteiger partial charge on any atom is -0.496 e. The molecule has 1 rings (SSSR count). The summed E-state index contributed by atoms with van der Waals surface area (Å²) in [6.07, 6.45) is 4.69. The third kappa shape index (κ3) is 3.47. The van der Waals surface area contributed by atoms with Gasteiger partial charge in [-0.25, -0.2) is 0 Å². The van der Waals surface area contributed by atoms with Crippen LogP contribution in [0.2, 0.25) is 0 Å². The first-order valence-corrected chi connectivity index (χ1v) is 5.49. The molecule has 4 heteroatoms. The predicted octanol–water partition coefficient (Wildman–Crippen LogP) is 1.56. The Morgan fingerprint density at radius 2 is 1.82 bits per heavy atom. The van der Waals surface area contributed by atoms with Crippen molar-refractivity contribution < 1.29 is 14.6 Å². The Kier molecular flexibility index (Phi) is 5.52. The van der Waals surface area contributed by atoms with Gasteiger partial charge in [0.05, 0.1) is 26.4 Å². The standard InChI is InChI=1S/C13H19NO3/c1-16-12-7-10(9-15)8-13(17-2)11(12)5-3-4-6-14/h3,5,7-8,15H,4,6,9,14H2,1-2H3. The number of hydrogen-bond donors (Lipinski definition) is 2. The first-order chi connectivity index (χ1) is 8.26. The zero-order valence-electron chi connectivity index (χ0n) is 10.3. The number of methoxy groups -OCH3 is 2. The minimum absolute atomic E-state index is 0.0421. The quantitative estimate of drug-likeness (QED) is 0.788. The molecular formula is C13H19NO3. The zero-order valence-corrected chi connectivity index (χ0v) is 10.3. The average molecular weight is 237 g/mol. The highest BCUT2D eigenvalue weighted by atomic mass is 16.5. The maximum Gasteiger partial charge on any atom is 0.130 e. The molecule has 0 unspecified atom stereocenters. The lowest BCUT2D eigenvalue weighted by Crippen LogP contribution is -1.97. The van der Waals surface area contributed by atoms with E-state index in [4.69, 9.17) is 20.3 Å². The van der Waals surface area contributed by atoms with Crippen LogP contribution < -0.4 is 15.2 Å². The minimum atomic E-state index is -0.0421. The van der Waals surface area contributed by atoms with E-state index >= 15 is 0 Å². The summed E-state index contributed by atoms with van der Waals surface area (Å²) in [6, 6.07) is 3.59. The molecule has 4 nitrogen and oxygen atoms in total. The van der Waals surface area contributed by atoms with Crippen LogP contribution in [0, 0.1) is 0 Å². The lowest BCUT2D eigenvalue weighted by molar-refractivity contribution is 0.280. The molecule has 17 heavy (non-hydrogen) atoms. The van der Waals surface area contributed by atoms with Crippen molar-refractivity contribution in [3.05, 3.63) is 29.3 Å². The second-order valence-electron chi connectivity index (χ2n) is 3.55. The third-order valence-corrected chi connectivity index (χ3v) is 2.40. The molecule has 0 heterocycles. The second kappa shape index (κ2) is 6.93. The molecule has 0 saturated heterocycles. The van der Waals surface area contributed by atoms with Crippen LogP contribution in [0.1, 0.15) is 17.5 Å². The third-order valence-electron chi connectivity index (χ3n) is 2.40. The summed E-state index contributed by atoms with van der Waals surface area (Å²) < 4.78 is 10.6. The van der Waals surface area contributed by atoms with Gasteiger partial charge in [-0.3, -0.25) is 0 Å². The molecular weight excluding hydrogens is 218 g/mol. The highest BCUT2D eigenvalue weighted by Gasteiger charge is 2.09. The SMILES string of the molecule is COc1cc(CO)cc(OC)c1C=CCCN. The molecule has 3 N–H and O–H groups in total. The van der Waals surface area contributed by atoms with Crippen molar-refractivity contribution >= 4 is 6.08 Å². The van der Waals surface area contributed by atoms with Crippen LogP contribution in [-0.2, 0) is 6.61 Å². The fraction of sp³-hybridized carbons (Fsp3) is 0.385. The van der Waals surface area contributed by atoms with Crippen molar-refractivity contribution in [2.24, 2.45) is 5.73 Å². The van der Waals surface area contributed by atoms with E-state index < -0.39 is 0 Å². The number of aliphatic hydroxyl groups is 1. The summed E-state index contributed by atoms with van der Waals surface area (Å²) in [5.41, 5.74) is 7.05. The largest absolute Gasteiger partial charge is 0.496 e. The van der Waals surface area contributed by atoms with Crippen molar-refractivity contribution in [2.75, 3.05) is 20.8 Å². The summed E-state index contributed by atoms with van der Waals surface area (Å²) in [4.78, 5) is 0. The Hall–Kier alpha value is -1.52. The molecule has 0 aliphatic carbocycles. The Morgan fingerprint density at radius 3 is 2.24 bits per heavy atom. The number of hydrogen-bond acceptors (Lipinski definition) is 4. The van der Waals surface area contributed by atoms with Gasteiger partial charge in [0.25, 0.3) is 0 Å². The van der Waals surface area contributed by atoms with E-state index in [2.05, 4.69) is 0 Å². The molecule has 94 valence electrons. The number of aliphatic hydroxyl groups excluding tert-OH is 1. The molecule has 0 fully saturated rings. The van der Waals surface area contributed by atoms with E-state index in [1.165, 1.54) is 0 Å². The second-order valence-corrected chi connectivity index (χ2v) is 3.55. The molecule has 1 aromatic rings. The maximum absolute atomic E-state index is 9.14. The van der Waals surface area contributed by atoms with E-state index in [0.717, 1.165) is 17.5 Å². The maximum atomic E-state index is 9.14. The molecule has 1 aromatic carbocycles. The predicted molar refractivity (Wildman–Crippen MR) is 68.2 cm³/mol. The normalized spacial score (nSPS) is 10.8. The number of rotatable bonds is 6. The molecule has 0 saturated carbocycles. The van der Waals surface area contributed by atoms with Gasteiger partial charge in [0, 0.05) is 0 Å². The van der Waals surface area contributed by atoms with Crippen LogP contribution >= 0.6 is 0 Å². The molecule has 0 radical (unpaired) electrons. The van der Waals surface area contributed by atoms with E-state index in [1.54, 1.807) is 26.4 Å². The Bertz CT molecular complexity index is 363. The monoisotopic (exact) mass is 237 g/mol.